The van der Waals surface area contributed by atoms with Gasteiger partial charge in [-0.25, -0.2) is 9.78 Å². The van der Waals surface area contributed by atoms with E-state index in [0.29, 0.717) is 28.4 Å². The van der Waals surface area contributed by atoms with E-state index in [1.807, 2.05) is 26.8 Å². The Morgan fingerprint density at radius 1 is 1.30 bits per heavy atom. The first-order valence-corrected chi connectivity index (χ1v) is 10.5. The highest BCUT2D eigenvalue weighted by Gasteiger charge is 2.17. The van der Waals surface area contributed by atoms with Gasteiger partial charge >= 0.3 is 5.97 Å². The number of aromatic nitrogens is 3. The number of carbonyl (C=O) groups excluding carboxylic acids is 2. The van der Waals surface area contributed by atoms with Gasteiger partial charge in [0.25, 0.3) is 5.56 Å². The number of nitrogens with zero attached hydrogens (tertiary/aromatic N) is 2. The molecule has 1 aromatic carbocycles. The van der Waals surface area contributed by atoms with Crippen molar-refractivity contribution in [2.24, 2.45) is 5.92 Å². The summed E-state index contributed by atoms with van der Waals surface area (Å²) in [6, 6.07) is 8.45. The lowest BCUT2D eigenvalue weighted by Crippen LogP contribution is -2.26. The maximum atomic E-state index is 12.9. The molecule has 0 unspecified atom stereocenters. The average Bonchev–Trinajstić information content (AvgIpc) is 3.09. The molecule has 2 aromatic heterocycles. The van der Waals surface area contributed by atoms with Crippen LogP contribution < -0.4 is 10.9 Å². The van der Waals surface area contributed by atoms with E-state index in [1.165, 1.54) is 18.9 Å². The normalized spacial score (nSPS) is 11.1. The minimum absolute atomic E-state index is 0.0367. The predicted octanol–water partition coefficient (Wildman–Crippen LogP) is 3.21. The first-order valence-electron chi connectivity index (χ1n) is 9.50. The number of amides is 1. The Morgan fingerprint density at radius 2 is 2.03 bits per heavy atom. The van der Waals surface area contributed by atoms with Crippen LogP contribution in [-0.2, 0) is 16.1 Å². The first-order chi connectivity index (χ1) is 14.3. The number of fused-ring (bicyclic) bond motifs is 1. The Hall–Kier alpha value is -3.07. The number of aryl methyl sites for hydroxylation is 1. The number of ether oxygens (including phenoxy) is 1. The molecule has 0 spiro atoms. The monoisotopic (exact) mass is 428 g/mol. The van der Waals surface area contributed by atoms with Gasteiger partial charge in [-0.15, -0.1) is 0 Å². The summed E-state index contributed by atoms with van der Waals surface area (Å²) in [5.41, 5.74) is 2.40. The van der Waals surface area contributed by atoms with Gasteiger partial charge in [0, 0.05) is 12.2 Å². The molecular weight excluding hydrogens is 404 g/mol. The number of esters is 1. The van der Waals surface area contributed by atoms with Gasteiger partial charge in [0.2, 0.25) is 5.91 Å². The highest BCUT2D eigenvalue weighted by molar-refractivity contribution is 7.99. The fraction of sp³-hybridized carbons (Fsp3) is 0.333. The number of H-pyrrole nitrogens is 1. The molecule has 0 radical (unpaired) electrons. The molecule has 2 N–H and O–H groups in total. The third kappa shape index (κ3) is 4.73. The van der Waals surface area contributed by atoms with Crippen LogP contribution in [-0.4, -0.2) is 39.3 Å². The molecule has 30 heavy (non-hydrogen) atoms. The van der Waals surface area contributed by atoms with E-state index in [2.05, 4.69) is 15.3 Å². The Labute approximate surface area is 178 Å². The average molecular weight is 429 g/mol. The van der Waals surface area contributed by atoms with Crippen molar-refractivity contribution in [1.29, 1.82) is 0 Å². The lowest BCUT2D eigenvalue weighted by Gasteiger charge is -2.14. The van der Waals surface area contributed by atoms with Gasteiger partial charge in [0.15, 0.2) is 5.16 Å². The van der Waals surface area contributed by atoms with Crippen molar-refractivity contribution < 1.29 is 14.3 Å². The summed E-state index contributed by atoms with van der Waals surface area (Å²) >= 11 is 1.18. The number of carbonyl (C=O) groups is 2. The molecule has 2 heterocycles. The van der Waals surface area contributed by atoms with Crippen molar-refractivity contribution in [3.63, 3.8) is 0 Å². The number of aromatic amines is 1. The van der Waals surface area contributed by atoms with Crippen molar-refractivity contribution in [3.8, 4) is 0 Å². The summed E-state index contributed by atoms with van der Waals surface area (Å²) in [6.45, 7) is 6.39. The number of hydrogen-bond donors (Lipinski definition) is 2. The molecule has 8 nitrogen and oxygen atoms in total. The van der Waals surface area contributed by atoms with E-state index < -0.39 is 5.97 Å². The first kappa shape index (κ1) is 21.6. The van der Waals surface area contributed by atoms with Gasteiger partial charge in [-0.2, -0.15) is 0 Å². The molecule has 1 amide bonds. The Morgan fingerprint density at radius 3 is 2.73 bits per heavy atom. The lowest BCUT2D eigenvalue weighted by molar-refractivity contribution is -0.113. The number of nitrogens with one attached hydrogen (secondary N) is 2. The molecule has 3 rings (SSSR count). The summed E-state index contributed by atoms with van der Waals surface area (Å²) in [7, 11) is 1.29. The van der Waals surface area contributed by atoms with E-state index in [0.717, 1.165) is 5.69 Å². The SMILES string of the molecule is COC(=O)c1ccccc1NC(=O)CSc1nc2cc(C)[nH]c2c(=O)n1CC(C)C. The second-order valence-electron chi connectivity index (χ2n) is 7.29. The molecule has 9 heteroatoms. The van der Waals surface area contributed by atoms with Gasteiger partial charge in [-0.3, -0.25) is 14.2 Å². The highest BCUT2D eigenvalue weighted by Crippen LogP contribution is 2.21. The maximum absolute atomic E-state index is 12.9. The zero-order valence-electron chi connectivity index (χ0n) is 17.3. The molecule has 0 saturated carbocycles. The van der Waals surface area contributed by atoms with Crippen LogP contribution in [0.25, 0.3) is 11.0 Å². The zero-order valence-corrected chi connectivity index (χ0v) is 18.1. The maximum Gasteiger partial charge on any atom is 0.339 e. The number of anilines is 1. The van der Waals surface area contributed by atoms with Gasteiger partial charge in [0.1, 0.15) is 5.52 Å². The number of para-hydroxylation sites is 1. The van der Waals surface area contributed by atoms with Crippen LogP contribution in [0, 0.1) is 12.8 Å². The third-order valence-electron chi connectivity index (χ3n) is 4.32. The lowest BCUT2D eigenvalue weighted by atomic mass is 10.2. The number of methoxy groups -OCH3 is 1. The smallest absolute Gasteiger partial charge is 0.339 e. The number of hydrogen-bond acceptors (Lipinski definition) is 6. The third-order valence-corrected chi connectivity index (χ3v) is 5.30. The summed E-state index contributed by atoms with van der Waals surface area (Å²) in [5, 5.41) is 3.21. The van der Waals surface area contributed by atoms with E-state index in [4.69, 9.17) is 4.74 Å². The number of thioether (sulfide) groups is 1. The van der Waals surface area contributed by atoms with Crippen molar-refractivity contribution >= 4 is 40.4 Å². The Bertz CT molecular complexity index is 1150. The van der Waals surface area contributed by atoms with Crippen LogP contribution in [0.15, 0.2) is 40.3 Å². The largest absolute Gasteiger partial charge is 0.465 e. The molecule has 0 atom stereocenters. The second kappa shape index (κ2) is 9.17. The van der Waals surface area contributed by atoms with Gasteiger partial charge in [0.05, 0.1) is 29.6 Å². The van der Waals surface area contributed by atoms with Crippen molar-refractivity contribution in [2.75, 3.05) is 18.2 Å². The number of benzene rings is 1. The fourth-order valence-corrected chi connectivity index (χ4v) is 3.85. The van der Waals surface area contributed by atoms with Crippen LogP contribution in [0.4, 0.5) is 5.69 Å². The number of rotatable bonds is 7. The topological polar surface area (TPSA) is 106 Å². The molecular formula is C21H24N4O4S. The summed E-state index contributed by atoms with van der Waals surface area (Å²) < 4.78 is 6.35. The Balaban J connectivity index is 1.82. The van der Waals surface area contributed by atoms with Crippen LogP contribution >= 0.6 is 11.8 Å². The molecule has 0 aliphatic rings. The van der Waals surface area contributed by atoms with Gasteiger partial charge in [-0.05, 0) is 31.0 Å². The summed E-state index contributed by atoms with van der Waals surface area (Å²) in [4.78, 5) is 45.0. The molecule has 0 fully saturated rings. The van der Waals surface area contributed by atoms with Crippen LogP contribution in [0.1, 0.15) is 29.9 Å². The fourth-order valence-electron chi connectivity index (χ4n) is 3.04. The molecule has 0 bridgehead atoms. The summed E-state index contributed by atoms with van der Waals surface area (Å²) in [6.07, 6.45) is 0. The van der Waals surface area contributed by atoms with E-state index in [-0.39, 0.29) is 28.7 Å². The highest BCUT2D eigenvalue weighted by atomic mass is 32.2. The predicted molar refractivity (Wildman–Crippen MR) is 117 cm³/mol. The molecule has 0 aliphatic carbocycles. The van der Waals surface area contributed by atoms with Gasteiger partial charge in [-0.1, -0.05) is 37.7 Å². The van der Waals surface area contributed by atoms with E-state index >= 15 is 0 Å². The van der Waals surface area contributed by atoms with Crippen molar-refractivity contribution in [3.05, 3.63) is 51.9 Å². The molecule has 0 saturated heterocycles. The minimum Gasteiger partial charge on any atom is -0.465 e. The molecule has 0 aliphatic heterocycles. The standard InChI is InChI=1S/C21H24N4O4S/c1-12(2)10-25-19(27)18-16(9-13(3)22-18)24-21(25)30-11-17(26)23-15-8-6-5-7-14(15)20(28)29-4/h5-9,12,22H,10-11H2,1-4H3,(H,23,26). The quantitative estimate of drug-likeness (QED) is 0.340. The second-order valence-corrected chi connectivity index (χ2v) is 8.23. The van der Waals surface area contributed by atoms with E-state index in [1.54, 1.807) is 28.8 Å². The van der Waals surface area contributed by atoms with Crippen LogP contribution in [0.2, 0.25) is 0 Å². The van der Waals surface area contributed by atoms with Crippen LogP contribution in [0.5, 0.6) is 0 Å². The molecule has 158 valence electrons. The zero-order chi connectivity index (χ0) is 21.8. The van der Waals surface area contributed by atoms with Gasteiger partial charge < -0.3 is 15.0 Å². The van der Waals surface area contributed by atoms with Crippen LogP contribution in [0.3, 0.4) is 0 Å². The Kier molecular flexibility index (Phi) is 6.61. The molecule has 3 aromatic rings. The minimum atomic E-state index is -0.528. The van der Waals surface area contributed by atoms with E-state index in [9.17, 15) is 14.4 Å². The summed E-state index contributed by atoms with van der Waals surface area (Å²) in [5.74, 6) is -0.570. The van der Waals surface area contributed by atoms with Crippen molar-refractivity contribution in [1.82, 2.24) is 14.5 Å². The van der Waals surface area contributed by atoms with Crippen molar-refractivity contribution in [2.45, 2.75) is 32.5 Å².